The number of hydrogen-bond acceptors (Lipinski definition) is 2. The van der Waals surface area contributed by atoms with Gasteiger partial charge in [0.1, 0.15) is 11.6 Å². The summed E-state index contributed by atoms with van der Waals surface area (Å²) in [7, 11) is 0. The fourth-order valence-corrected chi connectivity index (χ4v) is 2.95. The van der Waals surface area contributed by atoms with E-state index in [-0.39, 0.29) is 5.82 Å². The maximum atomic E-state index is 13.6. The molecule has 1 aromatic heterocycles. The first-order valence-electron chi connectivity index (χ1n) is 6.21. The first-order chi connectivity index (χ1) is 10.2. The quantitative estimate of drug-likeness (QED) is 0.584. The molecule has 0 aliphatic heterocycles. The van der Waals surface area contributed by atoms with Gasteiger partial charge in [0.05, 0.1) is 5.33 Å². The van der Waals surface area contributed by atoms with E-state index in [4.69, 9.17) is 0 Å². The number of alkyl halides is 1. The molecule has 0 fully saturated rings. The van der Waals surface area contributed by atoms with E-state index < -0.39 is 0 Å². The third-order valence-corrected chi connectivity index (χ3v) is 3.94. The van der Waals surface area contributed by atoms with Gasteiger partial charge in [-0.25, -0.2) is 4.39 Å². The van der Waals surface area contributed by atoms with Gasteiger partial charge in [-0.1, -0.05) is 50.1 Å². The molecule has 0 atom stereocenters. The average Bonchev–Trinajstić information content (AvgIpc) is 2.91. The lowest BCUT2D eigenvalue weighted by atomic mass is 10.2. The van der Waals surface area contributed by atoms with Crippen molar-refractivity contribution in [3.05, 3.63) is 64.6 Å². The first-order valence-corrected chi connectivity index (χ1v) is 8.12. The lowest BCUT2D eigenvalue weighted by molar-refractivity contribution is 0.627. The third kappa shape index (κ3) is 2.91. The van der Waals surface area contributed by atoms with Gasteiger partial charge in [-0.15, -0.1) is 10.2 Å². The molecule has 0 aliphatic rings. The molecule has 0 saturated carbocycles. The molecule has 3 nitrogen and oxygen atoms in total. The molecular weight excluding hydrogens is 401 g/mol. The summed E-state index contributed by atoms with van der Waals surface area (Å²) in [6.07, 6.45) is 0. The second-order valence-electron chi connectivity index (χ2n) is 4.40. The molecule has 0 unspecified atom stereocenters. The van der Waals surface area contributed by atoms with Gasteiger partial charge in [-0.05, 0) is 30.3 Å². The predicted octanol–water partition coefficient (Wildman–Crippen LogP) is 4.73. The summed E-state index contributed by atoms with van der Waals surface area (Å²) in [5, 5.41) is 8.95. The Hall–Kier alpha value is -1.53. The normalized spacial score (nSPS) is 10.8. The third-order valence-electron chi connectivity index (χ3n) is 2.98. The van der Waals surface area contributed by atoms with Crippen molar-refractivity contribution in [3.8, 4) is 17.1 Å². The fourth-order valence-electron chi connectivity index (χ4n) is 2.12. The standard InChI is InChI=1S/C15H10Br2FN3/c16-9-14-19-20-15(10-6-11(17)8-12(18)7-10)21(14)13-4-2-1-3-5-13/h1-8H,9H2. The van der Waals surface area contributed by atoms with E-state index in [1.165, 1.54) is 12.1 Å². The van der Waals surface area contributed by atoms with Gasteiger partial charge in [0.25, 0.3) is 0 Å². The van der Waals surface area contributed by atoms with E-state index in [1.807, 2.05) is 41.0 Å². The van der Waals surface area contributed by atoms with Crippen LogP contribution in [0.25, 0.3) is 17.1 Å². The van der Waals surface area contributed by atoms with Crippen LogP contribution in [0, 0.1) is 5.82 Å². The fraction of sp³-hybridized carbons (Fsp3) is 0.0667. The van der Waals surface area contributed by atoms with Crippen molar-refractivity contribution < 1.29 is 4.39 Å². The molecule has 0 bridgehead atoms. The highest BCUT2D eigenvalue weighted by Gasteiger charge is 2.15. The molecule has 21 heavy (non-hydrogen) atoms. The molecule has 0 aliphatic carbocycles. The lowest BCUT2D eigenvalue weighted by Crippen LogP contribution is -2.01. The molecule has 0 spiro atoms. The minimum absolute atomic E-state index is 0.317. The van der Waals surface area contributed by atoms with Crippen LogP contribution in [-0.2, 0) is 5.33 Å². The molecule has 0 saturated heterocycles. The van der Waals surface area contributed by atoms with E-state index >= 15 is 0 Å². The van der Waals surface area contributed by atoms with Gasteiger partial charge >= 0.3 is 0 Å². The van der Waals surface area contributed by atoms with Crippen molar-refractivity contribution in [3.63, 3.8) is 0 Å². The van der Waals surface area contributed by atoms with E-state index in [0.717, 1.165) is 11.5 Å². The Balaban J connectivity index is 2.22. The van der Waals surface area contributed by atoms with Crippen molar-refractivity contribution >= 4 is 31.9 Å². The van der Waals surface area contributed by atoms with Crippen LogP contribution in [0.1, 0.15) is 5.82 Å². The Bertz CT molecular complexity index is 752. The predicted molar refractivity (Wildman–Crippen MR) is 87.1 cm³/mol. The molecule has 6 heteroatoms. The summed E-state index contributed by atoms with van der Waals surface area (Å²) in [6, 6.07) is 14.5. The SMILES string of the molecule is Fc1cc(Br)cc(-c2nnc(CBr)n2-c2ccccc2)c1. The molecular formula is C15H10Br2FN3. The highest BCUT2D eigenvalue weighted by molar-refractivity contribution is 9.10. The molecule has 2 aromatic carbocycles. The number of benzene rings is 2. The van der Waals surface area contributed by atoms with Gasteiger partial charge < -0.3 is 0 Å². The zero-order valence-electron chi connectivity index (χ0n) is 10.8. The maximum Gasteiger partial charge on any atom is 0.168 e. The van der Waals surface area contributed by atoms with Crippen LogP contribution < -0.4 is 0 Å². The van der Waals surface area contributed by atoms with Crippen LogP contribution in [0.3, 0.4) is 0 Å². The van der Waals surface area contributed by atoms with E-state index in [9.17, 15) is 4.39 Å². The van der Waals surface area contributed by atoms with E-state index in [0.29, 0.717) is 21.2 Å². The van der Waals surface area contributed by atoms with Crippen molar-refractivity contribution in [1.82, 2.24) is 14.8 Å². The molecule has 1 heterocycles. The Labute approximate surface area is 138 Å². The summed E-state index contributed by atoms with van der Waals surface area (Å²) < 4.78 is 16.2. The Kier molecular flexibility index (Phi) is 4.17. The van der Waals surface area contributed by atoms with E-state index in [2.05, 4.69) is 42.1 Å². The highest BCUT2D eigenvalue weighted by atomic mass is 79.9. The molecule has 3 rings (SSSR count). The summed E-state index contributed by atoms with van der Waals surface area (Å²) in [6.45, 7) is 0. The second-order valence-corrected chi connectivity index (χ2v) is 5.88. The summed E-state index contributed by atoms with van der Waals surface area (Å²) >= 11 is 6.72. The van der Waals surface area contributed by atoms with Gasteiger partial charge in [0.15, 0.2) is 5.82 Å². The zero-order chi connectivity index (χ0) is 14.8. The summed E-state index contributed by atoms with van der Waals surface area (Å²) in [5.74, 6) is 1.05. The minimum Gasteiger partial charge on any atom is -0.278 e. The van der Waals surface area contributed by atoms with Gasteiger partial charge in [0.2, 0.25) is 0 Å². The molecule has 0 amide bonds. The Morgan fingerprint density at radius 2 is 1.81 bits per heavy atom. The second kappa shape index (κ2) is 6.07. The number of nitrogens with zero attached hydrogens (tertiary/aromatic N) is 3. The highest BCUT2D eigenvalue weighted by Crippen LogP contribution is 2.27. The van der Waals surface area contributed by atoms with Gasteiger partial charge in [-0.2, -0.15) is 0 Å². The number of hydrogen-bond donors (Lipinski definition) is 0. The summed E-state index contributed by atoms with van der Waals surface area (Å²) in [5.41, 5.74) is 1.61. The number of halogens is 3. The molecule has 0 radical (unpaired) electrons. The zero-order valence-corrected chi connectivity index (χ0v) is 14.0. The number of aromatic nitrogens is 3. The average molecular weight is 411 g/mol. The van der Waals surface area contributed by atoms with Crippen LogP contribution in [0.5, 0.6) is 0 Å². The Morgan fingerprint density at radius 3 is 2.48 bits per heavy atom. The van der Waals surface area contributed by atoms with Crippen molar-refractivity contribution in [2.24, 2.45) is 0 Å². The van der Waals surface area contributed by atoms with Crippen LogP contribution in [0.15, 0.2) is 53.0 Å². The van der Waals surface area contributed by atoms with Crippen molar-refractivity contribution in [1.29, 1.82) is 0 Å². The Morgan fingerprint density at radius 1 is 1.05 bits per heavy atom. The summed E-state index contributed by atoms with van der Waals surface area (Å²) in [4.78, 5) is 0. The van der Waals surface area contributed by atoms with Gasteiger partial charge in [-0.3, -0.25) is 4.57 Å². The van der Waals surface area contributed by atoms with Crippen molar-refractivity contribution in [2.75, 3.05) is 0 Å². The van der Waals surface area contributed by atoms with Crippen LogP contribution >= 0.6 is 31.9 Å². The van der Waals surface area contributed by atoms with Crippen molar-refractivity contribution in [2.45, 2.75) is 5.33 Å². The smallest absolute Gasteiger partial charge is 0.168 e. The maximum absolute atomic E-state index is 13.6. The number of rotatable bonds is 3. The van der Waals surface area contributed by atoms with Gasteiger partial charge in [0, 0.05) is 15.7 Å². The topological polar surface area (TPSA) is 30.7 Å². The van der Waals surface area contributed by atoms with Crippen LogP contribution in [0.4, 0.5) is 4.39 Å². The lowest BCUT2D eigenvalue weighted by Gasteiger charge is -2.09. The van der Waals surface area contributed by atoms with Crippen LogP contribution in [-0.4, -0.2) is 14.8 Å². The number of para-hydroxylation sites is 1. The minimum atomic E-state index is -0.317. The van der Waals surface area contributed by atoms with E-state index in [1.54, 1.807) is 0 Å². The van der Waals surface area contributed by atoms with Crippen LogP contribution in [0.2, 0.25) is 0 Å². The largest absolute Gasteiger partial charge is 0.278 e. The first kappa shape index (κ1) is 14.4. The monoisotopic (exact) mass is 409 g/mol. The molecule has 106 valence electrons. The molecule has 3 aromatic rings. The molecule has 0 N–H and O–H groups in total.